The molecular weight excluding hydrogens is 392 g/mol. The fourth-order valence-electron chi connectivity index (χ4n) is 4.41. The Kier molecular flexibility index (Phi) is 5.19. The zero-order valence-corrected chi connectivity index (χ0v) is 17.9. The van der Waals surface area contributed by atoms with Crippen LogP contribution < -0.4 is 4.74 Å². The molecule has 4 aromatic rings. The molecule has 2 aromatic heterocycles. The summed E-state index contributed by atoms with van der Waals surface area (Å²) in [5, 5.41) is 2.13. The number of nitrogens with one attached hydrogen (secondary N) is 1. The van der Waals surface area contributed by atoms with Gasteiger partial charge in [0.05, 0.1) is 13.2 Å². The lowest BCUT2D eigenvalue weighted by atomic mass is 9.92. The number of nitrogens with zero attached hydrogens (tertiary/aromatic N) is 3. The number of H-pyrrole nitrogens is 1. The molecule has 0 unspecified atom stereocenters. The van der Waals surface area contributed by atoms with Gasteiger partial charge >= 0.3 is 0 Å². The number of aromatic nitrogens is 3. The number of rotatable bonds is 5. The van der Waals surface area contributed by atoms with E-state index in [1.54, 1.807) is 18.9 Å². The summed E-state index contributed by atoms with van der Waals surface area (Å²) >= 11 is 1.56. The van der Waals surface area contributed by atoms with Crippen LogP contribution in [0.4, 0.5) is 0 Å². The van der Waals surface area contributed by atoms with Crippen molar-refractivity contribution in [3.8, 4) is 5.75 Å². The van der Waals surface area contributed by atoms with Gasteiger partial charge in [0, 0.05) is 47.6 Å². The van der Waals surface area contributed by atoms with Crippen LogP contribution in [0.5, 0.6) is 5.75 Å². The minimum atomic E-state index is 0.122. The van der Waals surface area contributed by atoms with E-state index >= 15 is 0 Å². The topological polar surface area (TPSA) is 54.0 Å². The van der Waals surface area contributed by atoms with E-state index in [0.29, 0.717) is 0 Å². The Morgan fingerprint density at radius 3 is 2.77 bits per heavy atom. The first-order valence-electron chi connectivity index (χ1n) is 10.1. The minimum Gasteiger partial charge on any atom is -0.497 e. The second-order valence-corrected chi connectivity index (χ2v) is 8.31. The molecule has 0 saturated carbocycles. The minimum absolute atomic E-state index is 0.122. The highest BCUT2D eigenvalue weighted by atomic mass is 32.2. The first kappa shape index (κ1) is 19.2. The van der Waals surface area contributed by atoms with Crippen molar-refractivity contribution < 1.29 is 4.74 Å². The molecule has 152 valence electrons. The molecule has 0 saturated heterocycles. The van der Waals surface area contributed by atoms with Gasteiger partial charge in [0.1, 0.15) is 5.75 Å². The van der Waals surface area contributed by atoms with E-state index in [1.807, 2.05) is 24.7 Å². The Morgan fingerprint density at radius 2 is 1.97 bits per heavy atom. The van der Waals surface area contributed by atoms with Crippen molar-refractivity contribution in [2.75, 3.05) is 19.9 Å². The summed E-state index contributed by atoms with van der Waals surface area (Å²) in [5.41, 5.74) is 6.25. The lowest BCUT2D eigenvalue weighted by molar-refractivity contribution is 0.201. The smallest absolute Gasteiger partial charge is 0.187 e. The van der Waals surface area contributed by atoms with Crippen LogP contribution in [0.25, 0.3) is 10.9 Å². The standard InChI is InChI=1S/C24H24N4OS/c1-29-18-7-5-6-17(12-18)23-22-20(19-8-3-4-9-21(19)27-22)10-11-28(23)15-16-13-25-24(30-2)26-14-16/h3-9,12-14,23,27H,10-11,15H2,1-2H3/t23-/m0/s1. The van der Waals surface area contributed by atoms with Crippen LogP contribution in [-0.4, -0.2) is 39.8 Å². The third kappa shape index (κ3) is 3.46. The fraction of sp³-hybridized carbons (Fsp3) is 0.250. The van der Waals surface area contributed by atoms with Crippen LogP contribution in [0.2, 0.25) is 0 Å². The van der Waals surface area contributed by atoms with Gasteiger partial charge in [-0.1, -0.05) is 42.1 Å². The van der Waals surface area contributed by atoms with Crippen LogP contribution in [0.15, 0.2) is 66.1 Å². The molecule has 1 atom stereocenters. The van der Waals surface area contributed by atoms with Crippen molar-refractivity contribution in [1.82, 2.24) is 19.9 Å². The van der Waals surface area contributed by atoms with Crippen LogP contribution in [0, 0.1) is 0 Å². The van der Waals surface area contributed by atoms with E-state index in [0.717, 1.165) is 36.0 Å². The van der Waals surface area contributed by atoms with Crippen molar-refractivity contribution in [2.24, 2.45) is 0 Å². The number of para-hydroxylation sites is 1. The van der Waals surface area contributed by atoms with Crippen molar-refractivity contribution in [2.45, 2.75) is 24.2 Å². The van der Waals surface area contributed by atoms with E-state index in [-0.39, 0.29) is 6.04 Å². The highest BCUT2D eigenvalue weighted by molar-refractivity contribution is 7.98. The van der Waals surface area contributed by atoms with Gasteiger partial charge < -0.3 is 9.72 Å². The van der Waals surface area contributed by atoms with Gasteiger partial charge in [-0.05, 0) is 42.0 Å². The summed E-state index contributed by atoms with van der Waals surface area (Å²) in [6.45, 7) is 1.77. The first-order chi connectivity index (χ1) is 14.8. The highest BCUT2D eigenvalue weighted by Crippen LogP contribution is 2.39. The van der Waals surface area contributed by atoms with Crippen LogP contribution in [0.1, 0.15) is 28.4 Å². The fourth-order valence-corrected chi connectivity index (χ4v) is 4.73. The second kappa shape index (κ2) is 8.13. The van der Waals surface area contributed by atoms with Gasteiger partial charge in [0.25, 0.3) is 0 Å². The SMILES string of the molecule is COc1cccc([C@H]2c3[nH]c4ccccc4c3CCN2Cc2cnc(SC)nc2)c1. The summed E-state index contributed by atoms with van der Waals surface area (Å²) in [6, 6.07) is 17.1. The molecule has 1 N–H and O–H groups in total. The van der Waals surface area contributed by atoms with Crippen LogP contribution in [0.3, 0.4) is 0 Å². The number of benzene rings is 2. The molecule has 0 radical (unpaired) electrons. The molecular formula is C24H24N4OS. The lowest BCUT2D eigenvalue weighted by Crippen LogP contribution is -2.35. The zero-order chi connectivity index (χ0) is 20.5. The Morgan fingerprint density at radius 1 is 1.13 bits per heavy atom. The number of thioether (sulfide) groups is 1. The molecule has 0 aliphatic carbocycles. The molecule has 2 aromatic carbocycles. The van der Waals surface area contributed by atoms with Crippen molar-refractivity contribution in [3.63, 3.8) is 0 Å². The Labute approximate surface area is 180 Å². The van der Waals surface area contributed by atoms with Crippen molar-refractivity contribution in [3.05, 3.63) is 83.3 Å². The van der Waals surface area contributed by atoms with Gasteiger partial charge in [0.2, 0.25) is 0 Å². The largest absolute Gasteiger partial charge is 0.497 e. The van der Waals surface area contributed by atoms with Crippen LogP contribution >= 0.6 is 11.8 Å². The van der Waals surface area contributed by atoms with Gasteiger partial charge in [-0.25, -0.2) is 9.97 Å². The molecule has 5 rings (SSSR count). The van der Waals surface area contributed by atoms with Gasteiger partial charge in [0.15, 0.2) is 5.16 Å². The maximum atomic E-state index is 5.52. The number of hydrogen-bond donors (Lipinski definition) is 1. The third-order valence-corrected chi connectivity index (χ3v) is 6.37. The molecule has 6 heteroatoms. The molecule has 3 heterocycles. The van der Waals surface area contributed by atoms with Gasteiger partial charge in [-0.3, -0.25) is 4.90 Å². The summed E-state index contributed by atoms with van der Waals surface area (Å²) in [4.78, 5) is 15.2. The first-order valence-corrected chi connectivity index (χ1v) is 11.3. The maximum Gasteiger partial charge on any atom is 0.187 e. The summed E-state index contributed by atoms with van der Waals surface area (Å²) in [7, 11) is 1.72. The number of aromatic amines is 1. The van der Waals surface area contributed by atoms with Crippen molar-refractivity contribution >= 4 is 22.7 Å². The highest BCUT2D eigenvalue weighted by Gasteiger charge is 2.32. The molecule has 0 amide bonds. The molecule has 1 aliphatic rings. The zero-order valence-electron chi connectivity index (χ0n) is 17.1. The van der Waals surface area contributed by atoms with E-state index < -0.39 is 0 Å². The molecule has 5 nitrogen and oxygen atoms in total. The van der Waals surface area contributed by atoms with Crippen molar-refractivity contribution in [1.29, 1.82) is 0 Å². The van der Waals surface area contributed by atoms with Gasteiger partial charge in [-0.2, -0.15) is 0 Å². The number of methoxy groups -OCH3 is 1. The lowest BCUT2D eigenvalue weighted by Gasteiger charge is -2.36. The van der Waals surface area contributed by atoms with Crippen LogP contribution in [-0.2, 0) is 13.0 Å². The Bertz CT molecular complexity index is 1170. The molecule has 1 aliphatic heterocycles. The third-order valence-electron chi connectivity index (χ3n) is 5.79. The molecule has 0 bridgehead atoms. The number of fused-ring (bicyclic) bond motifs is 3. The normalized spacial score (nSPS) is 16.5. The van der Waals surface area contributed by atoms with E-state index in [2.05, 4.69) is 62.3 Å². The summed E-state index contributed by atoms with van der Waals surface area (Å²) in [6.07, 6.45) is 6.91. The summed E-state index contributed by atoms with van der Waals surface area (Å²) < 4.78 is 5.52. The molecule has 0 spiro atoms. The van der Waals surface area contributed by atoms with E-state index in [9.17, 15) is 0 Å². The Balaban J connectivity index is 1.58. The number of ether oxygens (including phenoxy) is 1. The summed E-state index contributed by atoms with van der Waals surface area (Å²) in [5.74, 6) is 0.878. The average molecular weight is 417 g/mol. The second-order valence-electron chi connectivity index (χ2n) is 7.54. The maximum absolute atomic E-state index is 5.52. The average Bonchev–Trinajstić information content (AvgIpc) is 3.18. The predicted octanol–water partition coefficient (Wildman–Crippen LogP) is 4.84. The molecule has 0 fully saturated rings. The monoisotopic (exact) mass is 416 g/mol. The van der Waals surface area contributed by atoms with E-state index in [1.165, 1.54) is 27.7 Å². The molecule has 30 heavy (non-hydrogen) atoms. The Hall–Kier alpha value is -2.83. The van der Waals surface area contributed by atoms with Gasteiger partial charge in [-0.15, -0.1) is 0 Å². The number of hydrogen-bond acceptors (Lipinski definition) is 5. The quantitative estimate of drug-likeness (QED) is 0.373. The predicted molar refractivity (Wildman–Crippen MR) is 121 cm³/mol. The van der Waals surface area contributed by atoms with E-state index in [4.69, 9.17) is 4.74 Å².